The third-order valence-corrected chi connectivity index (χ3v) is 2.67. The molecule has 1 rings (SSSR count). The van der Waals surface area contributed by atoms with Gasteiger partial charge in [-0.05, 0) is 6.92 Å². The van der Waals surface area contributed by atoms with Crippen LogP contribution in [0.1, 0.15) is 13.8 Å². The van der Waals surface area contributed by atoms with Gasteiger partial charge in [-0.15, -0.1) is 0 Å². The van der Waals surface area contributed by atoms with Gasteiger partial charge in [-0.3, -0.25) is 10.1 Å². The molecule has 1 heterocycles. The van der Waals surface area contributed by atoms with Gasteiger partial charge in [-0.1, -0.05) is 0 Å². The number of aliphatic hydroxyl groups is 3. The van der Waals surface area contributed by atoms with Gasteiger partial charge >= 0.3 is 0 Å². The number of hydrogen-bond donors (Lipinski definition) is 5. The third kappa shape index (κ3) is 2.92. The molecule has 1 saturated heterocycles. The molecule has 0 radical (unpaired) electrons. The summed E-state index contributed by atoms with van der Waals surface area (Å²) >= 11 is 0. The first-order valence-electron chi connectivity index (χ1n) is 5.10. The van der Waals surface area contributed by atoms with Gasteiger partial charge in [0.1, 0.15) is 24.4 Å². The standard InChI is InChI=1S/C9H17NO7/c1-4(12)10-8-7(17-15)6(13)5(3-11)16-9(8,2)14/h5-8,11,13-15H,3H2,1-2H3,(H,10,12)/t5-,6-,7+,8-,9+/m1/s1. The fraction of sp³-hybridized carbons (Fsp3) is 0.889. The summed E-state index contributed by atoms with van der Waals surface area (Å²) in [5.74, 6) is -2.37. The van der Waals surface area contributed by atoms with E-state index < -0.39 is 42.7 Å². The maximum atomic E-state index is 11.0. The summed E-state index contributed by atoms with van der Waals surface area (Å²) in [6.45, 7) is 1.87. The van der Waals surface area contributed by atoms with Crippen molar-refractivity contribution < 1.29 is 35.0 Å². The van der Waals surface area contributed by atoms with E-state index in [1.54, 1.807) is 0 Å². The van der Waals surface area contributed by atoms with Gasteiger partial charge in [0.05, 0.1) is 6.61 Å². The number of amides is 1. The zero-order chi connectivity index (χ0) is 13.2. The molecule has 1 amide bonds. The molecule has 17 heavy (non-hydrogen) atoms. The summed E-state index contributed by atoms with van der Waals surface area (Å²) in [7, 11) is 0. The van der Waals surface area contributed by atoms with Gasteiger partial charge < -0.3 is 25.4 Å². The first-order chi connectivity index (χ1) is 7.83. The van der Waals surface area contributed by atoms with Crippen LogP contribution < -0.4 is 5.32 Å². The van der Waals surface area contributed by atoms with E-state index in [9.17, 15) is 15.0 Å². The molecule has 5 N–H and O–H groups in total. The predicted molar refractivity (Wildman–Crippen MR) is 53.7 cm³/mol. The normalized spacial score (nSPS) is 42.2. The number of carbonyl (C=O) groups is 1. The van der Waals surface area contributed by atoms with Gasteiger partial charge in [0.15, 0.2) is 5.79 Å². The maximum Gasteiger partial charge on any atom is 0.217 e. The molecule has 8 heteroatoms. The molecule has 0 spiro atoms. The molecule has 1 aliphatic heterocycles. The van der Waals surface area contributed by atoms with Crippen molar-refractivity contribution in [2.75, 3.05) is 6.61 Å². The van der Waals surface area contributed by atoms with Gasteiger partial charge in [0, 0.05) is 6.92 Å². The van der Waals surface area contributed by atoms with E-state index in [0.29, 0.717) is 0 Å². The average Bonchev–Trinajstić information content (AvgIpc) is 2.23. The Balaban J connectivity index is 2.95. The van der Waals surface area contributed by atoms with Gasteiger partial charge in [0.25, 0.3) is 0 Å². The smallest absolute Gasteiger partial charge is 0.217 e. The topological polar surface area (TPSA) is 128 Å². The van der Waals surface area contributed by atoms with Crippen LogP contribution >= 0.6 is 0 Å². The molecular formula is C9H17NO7. The minimum Gasteiger partial charge on any atom is -0.394 e. The van der Waals surface area contributed by atoms with Crippen molar-refractivity contribution in [2.45, 2.75) is 44.0 Å². The molecule has 0 bridgehead atoms. The molecule has 1 aliphatic rings. The molecule has 1 fully saturated rings. The lowest BCUT2D eigenvalue weighted by Crippen LogP contribution is -2.69. The summed E-state index contributed by atoms with van der Waals surface area (Å²) in [5, 5.41) is 39.7. The highest BCUT2D eigenvalue weighted by Crippen LogP contribution is 2.29. The summed E-state index contributed by atoms with van der Waals surface area (Å²) < 4.78 is 5.03. The molecule has 0 unspecified atom stereocenters. The molecular weight excluding hydrogens is 234 g/mol. The zero-order valence-corrected chi connectivity index (χ0v) is 9.53. The van der Waals surface area contributed by atoms with E-state index in [1.807, 2.05) is 0 Å². The third-order valence-electron chi connectivity index (χ3n) is 2.67. The molecule has 0 aromatic heterocycles. The van der Waals surface area contributed by atoms with Crippen LogP contribution in [0.25, 0.3) is 0 Å². The molecule has 5 atom stereocenters. The minimum absolute atomic E-state index is 0.490. The van der Waals surface area contributed by atoms with Crippen LogP contribution in [0.3, 0.4) is 0 Å². The van der Waals surface area contributed by atoms with E-state index in [1.165, 1.54) is 13.8 Å². The Kier molecular flexibility index (Phi) is 4.42. The van der Waals surface area contributed by atoms with Crippen LogP contribution in [0.5, 0.6) is 0 Å². The summed E-state index contributed by atoms with van der Waals surface area (Å²) in [4.78, 5) is 15.0. The minimum atomic E-state index is -1.88. The van der Waals surface area contributed by atoms with Crippen LogP contribution in [-0.4, -0.2) is 63.2 Å². The number of nitrogens with one attached hydrogen (secondary N) is 1. The Morgan fingerprint density at radius 1 is 1.59 bits per heavy atom. The second kappa shape index (κ2) is 5.25. The highest BCUT2D eigenvalue weighted by atomic mass is 17.1. The van der Waals surface area contributed by atoms with E-state index in [4.69, 9.17) is 15.1 Å². The quantitative estimate of drug-likeness (QED) is 0.284. The highest BCUT2D eigenvalue weighted by molar-refractivity contribution is 5.73. The van der Waals surface area contributed by atoms with Crippen molar-refractivity contribution in [3.63, 3.8) is 0 Å². The molecule has 0 aromatic carbocycles. The first kappa shape index (κ1) is 14.3. The van der Waals surface area contributed by atoms with Crippen molar-refractivity contribution in [2.24, 2.45) is 0 Å². The van der Waals surface area contributed by atoms with Gasteiger partial charge in [-0.2, -0.15) is 0 Å². The van der Waals surface area contributed by atoms with E-state index in [-0.39, 0.29) is 0 Å². The lowest BCUT2D eigenvalue weighted by molar-refractivity contribution is -0.375. The number of rotatable bonds is 3. The SMILES string of the molecule is CC(=O)N[C@@H]1[C@@H](OO)[C@H](O)[C@@H](CO)O[C@]1(C)O. The lowest BCUT2D eigenvalue weighted by Gasteiger charge is -2.46. The highest BCUT2D eigenvalue weighted by Gasteiger charge is 2.52. The monoisotopic (exact) mass is 251 g/mol. The summed E-state index contributed by atoms with van der Waals surface area (Å²) in [6.07, 6.45) is -3.81. The molecule has 0 saturated carbocycles. The summed E-state index contributed by atoms with van der Waals surface area (Å²) in [6, 6.07) is -1.16. The number of carbonyl (C=O) groups excluding carboxylic acids is 1. The maximum absolute atomic E-state index is 11.0. The van der Waals surface area contributed by atoms with Gasteiger partial charge in [-0.25, -0.2) is 4.89 Å². The van der Waals surface area contributed by atoms with Crippen molar-refractivity contribution in [3.05, 3.63) is 0 Å². The van der Waals surface area contributed by atoms with Crippen LogP contribution in [0.2, 0.25) is 0 Å². The number of aliphatic hydroxyl groups excluding tert-OH is 2. The van der Waals surface area contributed by atoms with Crippen LogP contribution in [0.15, 0.2) is 0 Å². The van der Waals surface area contributed by atoms with Crippen molar-refractivity contribution >= 4 is 5.91 Å². The van der Waals surface area contributed by atoms with Crippen LogP contribution in [0, 0.1) is 0 Å². The fourth-order valence-corrected chi connectivity index (χ4v) is 1.87. The lowest BCUT2D eigenvalue weighted by atomic mass is 9.91. The fourth-order valence-electron chi connectivity index (χ4n) is 1.87. The van der Waals surface area contributed by atoms with Gasteiger partial charge in [0.2, 0.25) is 5.91 Å². The molecule has 0 aliphatic carbocycles. The Hall–Kier alpha value is -0.770. The Morgan fingerprint density at radius 2 is 2.18 bits per heavy atom. The predicted octanol–water partition coefficient (Wildman–Crippen LogP) is -2.19. The number of hydrogen-bond acceptors (Lipinski definition) is 7. The van der Waals surface area contributed by atoms with Crippen LogP contribution in [-0.2, 0) is 14.4 Å². The summed E-state index contributed by atoms with van der Waals surface area (Å²) in [5.41, 5.74) is 0. The molecule has 8 nitrogen and oxygen atoms in total. The van der Waals surface area contributed by atoms with E-state index in [0.717, 1.165) is 0 Å². The van der Waals surface area contributed by atoms with E-state index >= 15 is 0 Å². The van der Waals surface area contributed by atoms with E-state index in [2.05, 4.69) is 10.2 Å². The second-order valence-electron chi connectivity index (χ2n) is 4.13. The molecule has 100 valence electrons. The number of ether oxygens (including phenoxy) is 1. The van der Waals surface area contributed by atoms with Crippen molar-refractivity contribution in [3.8, 4) is 0 Å². The molecule has 0 aromatic rings. The Morgan fingerprint density at radius 3 is 2.59 bits per heavy atom. The average molecular weight is 251 g/mol. The van der Waals surface area contributed by atoms with Crippen molar-refractivity contribution in [1.82, 2.24) is 5.32 Å². The van der Waals surface area contributed by atoms with Crippen LogP contribution in [0.4, 0.5) is 0 Å². The Labute approximate surface area is 97.7 Å². The zero-order valence-electron chi connectivity index (χ0n) is 9.53. The first-order valence-corrected chi connectivity index (χ1v) is 5.10. The largest absolute Gasteiger partial charge is 0.394 e. The Bertz CT molecular complexity index is 283. The second-order valence-corrected chi connectivity index (χ2v) is 4.13. The van der Waals surface area contributed by atoms with Crippen molar-refractivity contribution in [1.29, 1.82) is 0 Å².